The summed E-state index contributed by atoms with van der Waals surface area (Å²) >= 11 is 0. The van der Waals surface area contributed by atoms with Crippen molar-refractivity contribution < 1.29 is 13.2 Å². The zero-order valence-corrected chi connectivity index (χ0v) is 9.70. The largest absolute Gasteiger partial charge is 0.431 e. The third-order valence-electron chi connectivity index (χ3n) is 2.69. The van der Waals surface area contributed by atoms with Crippen LogP contribution in [0, 0.1) is 5.41 Å². The van der Waals surface area contributed by atoms with E-state index in [1.807, 2.05) is 0 Å². The minimum Gasteiger partial charge on any atom is -0.394 e. The van der Waals surface area contributed by atoms with Crippen LogP contribution in [0.5, 0.6) is 0 Å². The van der Waals surface area contributed by atoms with Gasteiger partial charge in [-0.05, 0) is 23.1 Å². The molecule has 2 rings (SSSR count). The van der Waals surface area contributed by atoms with Gasteiger partial charge in [-0.1, -0.05) is 12.1 Å². The van der Waals surface area contributed by atoms with Crippen molar-refractivity contribution in [2.45, 2.75) is 6.18 Å². The van der Waals surface area contributed by atoms with Crippen molar-refractivity contribution in [2.24, 2.45) is 5.73 Å². The van der Waals surface area contributed by atoms with E-state index in [1.54, 1.807) is 30.6 Å². The van der Waals surface area contributed by atoms with Crippen LogP contribution in [-0.4, -0.2) is 17.4 Å². The minimum absolute atomic E-state index is 0.253. The number of nitrogens with two attached hydrogens (primary N) is 1. The molecule has 0 atom stereocenters. The van der Waals surface area contributed by atoms with E-state index < -0.39 is 11.9 Å². The molecule has 0 radical (unpaired) electrons. The van der Waals surface area contributed by atoms with Crippen molar-refractivity contribution in [3.8, 4) is 0 Å². The highest BCUT2D eigenvalue weighted by Gasteiger charge is 2.34. The van der Waals surface area contributed by atoms with Gasteiger partial charge in [0.1, 0.15) is 5.70 Å². The van der Waals surface area contributed by atoms with Crippen molar-refractivity contribution in [1.29, 1.82) is 5.41 Å². The maximum Gasteiger partial charge on any atom is 0.431 e. The number of nitrogens with zero attached hydrogens (tertiary/aromatic N) is 1. The lowest BCUT2D eigenvalue weighted by Gasteiger charge is -2.11. The van der Waals surface area contributed by atoms with Gasteiger partial charge in [0.15, 0.2) is 0 Å². The molecule has 0 unspecified atom stereocenters. The summed E-state index contributed by atoms with van der Waals surface area (Å²) in [5.41, 5.74) is 3.72. The van der Waals surface area contributed by atoms with Gasteiger partial charge < -0.3 is 11.1 Å². The van der Waals surface area contributed by atoms with Gasteiger partial charge in [-0.15, -0.1) is 0 Å². The number of nitrogens with one attached hydrogen (secondary N) is 1. The summed E-state index contributed by atoms with van der Waals surface area (Å²) < 4.78 is 37.8. The van der Waals surface area contributed by atoms with Crippen molar-refractivity contribution in [2.75, 3.05) is 0 Å². The summed E-state index contributed by atoms with van der Waals surface area (Å²) in [5, 5.41) is 8.69. The van der Waals surface area contributed by atoms with E-state index in [4.69, 9.17) is 11.1 Å². The van der Waals surface area contributed by atoms with E-state index in [0.717, 1.165) is 10.8 Å². The van der Waals surface area contributed by atoms with Crippen molar-refractivity contribution in [3.63, 3.8) is 0 Å². The average molecular weight is 265 g/mol. The molecule has 1 aromatic heterocycles. The van der Waals surface area contributed by atoms with Crippen LogP contribution in [-0.2, 0) is 0 Å². The quantitative estimate of drug-likeness (QED) is 0.819. The average Bonchev–Trinajstić information content (AvgIpc) is 2.38. The Labute approximate surface area is 107 Å². The third-order valence-corrected chi connectivity index (χ3v) is 2.69. The lowest BCUT2D eigenvalue weighted by molar-refractivity contribution is -0.0918. The fraction of sp³-hybridized carbons (Fsp3) is 0.0769. The number of benzene rings is 1. The predicted molar refractivity (Wildman–Crippen MR) is 67.7 cm³/mol. The van der Waals surface area contributed by atoms with Crippen LogP contribution in [0.1, 0.15) is 5.56 Å². The van der Waals surface area contributed by atoms with E-state index in [9.17, 15) is 13.2 Å². The van der Waals surface area contributed by atoms with Crippen LogP contribution < -0.4 is 5.73 Å². The van der Waals surface area contributed by atoms with Gasteiger partial charge in [0.25, 0.3) is 0 Å². The first-order valence-electron chi connectivity index (χ1n) is 5.35. The molecule has 0 aliphatic carbocycles. The molecular formula is C13H10F3N3. The first-order chi connectivity index (χ1) is 8.93. The Kier molecular flexibility index (Phi) is 3.25. The Morgan fingerprint density at radius 3 is 2.58 bits per heavy atom. The highest BCUT2D eigenvalue weighted by Crippen LogP contribution is 2.29. The highest BCUT2D eigenvalue weighted by atomic mass is 19.4. The second kappa shape index (κ2) is 4.72. The van der Waals surface area contributed by atoms with Crippen LogP contribution in [0.2, 0.25) is 0 Å². The van der Waals surface area contributed by atoms with Crippen LogP contribution in [0.15, 0.2) is 42.4 Å². The van der Waals surface area contributed by atoms with Gasteiger partial charge in [0.05, 0.1) is 0 Å². The fourth-order valence-electron chi connectivity index (χ4n) is 1.72. The molecule has 0 fully saturated rings. The molecule has 0 aliphatic rings. The summed E-state index contributed by atoms with van der Waals surface area (Å²) in [6, 6.07) is 6.37. The predicted octanol–water partition coefficient (Wildman–Crippen LogP) is 3.12. The minimum atomic E-state index is -4.65. The number of halogens is 3. The summed E-state index contributed by atoms with van der Waals surface area (Å²) in [5.74, 6) is 0. The zero-order valence-electron chi connectivity index (χ0n) is 9.70. The van der Waals surface area contributed by atoms with Gasteiger partial charge in [0, 0.05) is 29.6 Å². The Hall–Kier alpha value is -2.37. The zero-order chi connectivity index (χ0) is 14.0. The molecule has 0 saturated heterocycles. The van der Waals surface area contributed by atoms with Crippen LogP contribution in [0.4, 0.5) is 13.2 Å². The first kappa shape index (κ1) is 13.1. The lowest BCUT2D eigenvalue weighted by atomic mass is 10.0. The highest BCUT2D eigenvalue weighted by molar-refractivity contribution is 6.10. The molecule has 0 bridgehead atoms. The van der Waals surface area contributed by atoms with Crippen LogP contribution in [0.3, 0.4) is 0 Å². The number of fused-ring (bicyclic) bond motifs is 1. The number of hydrogen-bond acceptors (Lipinski definition) is 3. The Morgan fingerprint density at radius 2 is 1.95 bits per heavy atom. The van der Waals surface area contributed by atoms with Gasteiger partial charge in [-0.3, -0.25) is 4.98 Å². The molecule has 0 aliphatic heterocycles. The molecule has 0 saturated carbocycles. The van der Waals surface area contributed by atoms with Crippen molar-refractivity contribution in [3.05, 3.63) is 47.9 Å². The molecule has 1 heterocycles. The topological polar surface area (TPSA) is 62.8 Å². The number of pyridine rings is 1. The maximum absolute atomic E-state index is 12.6. The molecule has 0 amide bonds. The molecule has 98 valence electrons. The lowest BCUT2D eigenvalue weighted by Crippen LogP contribution is -2.21. The fourth-order valence-corrected chi connectivity index (χ4v) is 1.72. The second-order valence-electron chi connectivity index (χ2n) is 3.91. The third kappa shape index (κ3) is 2.57. The standard InChI is InChI=1S/C13H10F3N3/c14-13(15,16)12(18)11(6-17)9-1-2-10-7-19-4-3-8(10)5-9/h1-7,17H,18H2/b12-11+,17-6?. The van der Waals surface area contributed by atoms with E-state index in [1.165, 1.54) is 6.07 Å². The van der Waals surface area contributed by atoms with E-state index in [0.29, 0.717) is 6.21 Å². The monoisotopic (exact) mass is 265 g/mol. The molecule has 2 aromatic rings. The maximum atomic E-state index is 12.6. The van der Waals surface area contributed by atoms with Gasteiger partial charge in [-0.2, -0.15) is 13.2 Å². The van der Waals surface area contributed by atoms with Crippen molar-refractivity contribution >= 4 is 22.6 Å². The molecule has 6 heteroatoms. The molecule has 0 spiro atoms. The summed E-state index contributed by atoms with van der Waals surface area (Å²) in [7, 11) is 0. The van der Waals surface area contributed by atoms with Crippen molar-refractivity contribution in [1.82, 2.24) is 4.98 Å². The van der Waals surface area contributed by atoms with Crippen LogP contribution >= 0.6 is 0 Å². The SMILES string of the molecule is N=C/C(=C(\N)C(F)(F)F)c1ccc2cnccc2c1. The first-order valence-corrected chi connectivity index (χ1v) is 5.35. The molecule has 1 aromatic carbocycles. The molecule has 19 heavy (non-hydrogen) atoms. The van der Waals surface area contributed by atoms with Gasteiger partial charge in [0.2, 0.25) is 0 Å². The number of allylic oxidation sites excluding steroid dienone is 2. The Balaban J connectivity index is 2.62. The molecule has 3 N–H and O–H groups in total. The van der Waals surface area contributed by atoms with Gasteiger partial charge >= 0.3 is 6.18 Å². The smallest absolute Gasteiger partial charge is 0.394 e. The molecule has 3 nitrogen and oxygen atoms in total. The van der Waals surface area contributed by atoms with Crippen LogP contribution in [0.25, 0.3) is 16.3 Å². The summed E-state index contributed by atoms with van der Waals surface area (Å²) in [6.45, 7) is 0. The number of rotatable bonds is 2. The Bertz CT molecular complexity index is 659. The van der Waals surface area contributed by atoms with E-state index in [-0.39, 0.29) is 11.1 Å². The summed E-state index contributed by atoms with van der Waals surface area (Å²) in [4.78, 5) is 3.92. The van der Waals surface area contributed by atoms with E-state index >= 15 is 0 Å². The van der Waals surface area contributed by atoms with E-state index in [2.05, 4.69) is 4.98 Å². The molecular weight excluding hydrogens is 255 g/mol. The summed E-state index contributed by atoms with van der Waals surface area (Å²) in [6.07, 6.45) is -0.877. The Morgan fingerprint density at radius 1 is 1.21 bits per heavy atom. The normalized spacial score (nSPS) is 13.2. The number of hydrogen-bond donors (Lipinski definition) is 2. The number of aromatic nitrogens is 1. The van der Waals surface area contributed by atoms with Gasteiger partial charge in [-0.25, -0.2) is 0 Å². The second-order valence-corrected chi connectivity index (χ2v) is 3.91. The number of alkyl halides is 3.